The van der Waals surface area contributed by atoms with E-state index < -0.39 is 22.7 Å². The number of aromatic nitrogens is 2. The molecule has 0 unspecified atom stereocenters. The molecule has 1 aliphatic carbocycles. The number of cyclic esters (lactones) is 1. The van der Waals surface area contributed by atoms with Crippen molar-refractivity contribution in [2.75, 3.05) is 13.2 Å². The highest BCUT2D eigenvalue weighted by Crippen LogP contribution is 2.50. The minimum atomic E-state index is -1.96. The molecule has 9 nitrogen and oxygen atoms in total. The number of amides is 1. The molecule has 3 aliphatic rings. The van der Waals surface area contributed by atoms with E-state index in [2.05, 4.69) is 0 Å². The van der Waals surface area contributed by atoms with Crippen LogP contribution in [0.2, 0.25) is 0 Å². The van der Waals surface area contributed by atoms with E-state index in [4.69, 9.17) is 9.72 Å². The van der Waals surface area contributed by atoms with Gasteiger partial charge < -0.3 is 24.4 Å². The highest BCUT2D eigenvalue weighted by Gasteiger charge is 2.47. The number of fused-ring (bicyclic) bond motifs is 5. The lowest BCUT2D eigenvalue weighted by atomic mass is 9.73. The van der Waals surface area contributed by atoms with Crippen molar-refractivity contribution in [3.63, 3.8) is 0 Å². The monoisotopic (exact) mass is 535 g/mol. The average molecular weight is 536 g/mol. The minimum Gasteiger partial charge on any atom is -0.458 e. The fourth-order valence-electron chi connectivity index (χ4n) is 6.91. The van der Waals surface area contributed by atoms with Crippen molar-refractivity contribution >= 4 is 22.8 Å². The Morgan fingerprint density at radius 1 is 1.26 bits per heavy atom. The van der Waals surface area contributed by atoms with Crippen LogP contribution in [0.5, 0.6) is 0 Å². The minimum absolute atomic E-state index is 0.0195. The molecule has 39 heavy (non-hydrogen) atoms. The maximum absolute atomic E-state index is 15.1. The highest BCUT2D eigenvalue weighted by molar-refractivity contribution is 5.94. The van der Waals surface area contributed by atoms with Gasteiger partial charge in [0.1, 0.15) is 12.4 Å². The third-order valence-electron chi connectivity index (χ3n) is 9.00. The number of pyridine rings is 2. The number of esters is 1. The molecule has 204 valence electrons. The van der Waals surface area contributed by atoms with Gasteiger partial charge in [-0.05, 0) is 55.9 Å². The predicted octanol–water partition coefficient (Wildman–Crippen LogP) is 2.53. The summed E-state index contributed by atoms with van der Waals surface area (Å²) in [5, 5.41) is 21.8. The van der Waals surface area contributed by atoms with E-state index in [1.165, 1.54) is 13.0 Å². The van der Waals surface area contributed by atoms with Gasteiger partial charge in [-0.2, -0.15) is 0 Å². The molecule has 0 saturated heterocycles. The van der Waals surface area contributed by atoms with E-state index in [1.807, 2.05) is 6.92 Å². The SMILES string of the molecule is CC[C@@]1(O)C(=O)OCc2c1cc1n(c2=O)Cc2c-1nc1cc(F)c(C)c3c1c2[C@](C)(N(CCO)C(C)=O)CC3. The Labute approximate surface area is 223 Å². The molecule has 6 rings (SSSR count). The number of hydrogen-bond donors (Lipinski definition) is 2. The quantitative estimate of drug-likeness (QED) is 0.385. The van der Waals surface area contributed by atoms with E-state index in [1.54, 1.807) is 29.4 Å². The molecular weight excluding hydrogens is 505 g/mol. The Morgan fingerprint density at radius 3 is 2.67 bits per heavy atom. The van der Waals surface area contributed by atoms with E-state index in [0.717, 1.165) is 22.1 Å². The van der Waals surface area contributed by atoms with Gasteiger partial charge in [0, 0.05) is 36.0 Å². The third kappa shape index (κ3) is 3.24. The number of aryl methyl sites for hydroxylation is 1. The molecule has 0 spiro atoms. The Kier molecular flexibility index (Phi) is 5.54. The number of rotatable bonds is 4. The summed E-state index contributed by atoms with van der Waals surface area (Å²) in [6, 6.07) is 3.01. The summed E-state index contributed by atoms with van der Waals surface area (Å²) < 4.78 is 21.8. The van der Waals surface area contributed by atoms with Gasteiger partial charge in [0.05, 0.1) is 41.2 Å². The van der Waals surface area contributed by atoms with Crippen LogP contribution in [-0.4, -0.2) is 49.7 Å². The van der Waals surface area contributed by atoms with Gasteiger partial charge in [0.25, 0.3) is 5.56 Å². The van der Waals surface area contributed by atoms with Crippen LogP contribution in [0, 0.1) is 12.7 Å². The number of carbonyl (C=O) groups is 2. The Morgan fingerprint density at radius 2 is 2.00 bits per heavy atom. The molecule has 2 atom stereocenters. The molecule has 3 aromatic rings. The van der Waals surface area contributed by atoms with Crippen LogP contribution in [-0.2, 0) is 45.0 Å². The van der Waals surface area contributed by atoms with E-state index in [-0.39, 0.29) is 55.6 Å². The standard InChI is InChI=1S/C29H30FN3O6/c1-5-29(38)19-10-22-25-17(12-32(22)26(36)18(19)13-39-27(29)37)24-23-16(14(2)20(30)11-21(23)31-25)6-7-28(24,4)33(8-9-34)15(3)35/h10-11,34,38H,5-9,12-13H2,1-4H3/t28-,29+/m1/s1. The van der Waals surface area contributed by atoms with Gasteiger partial charge in [-0.3, -0.25) is 9.59 Å². The van der Waals surface area contributed by atoms with Gasteiger partial charge in [-0.1, -0.05) is 6.92 Å². The van der Waals surface area contributed by atoms with Crippen molar-refractivity contribution in [2.45, 2.75) is 71.2 Å². The molecule has 2 aliphatic heterocycles. The Balaban J connectivity index is 1.71. The van der Waals surface area contributed by atoms with E-state index >= 15 is 4.39 Å². The van der Waals surface area contributed by atoms with Crippen molar-refractivity contribution in [1.82, 2.24) is 14.5 Å². The van der Waals surface area contributed by atoms with Crippen LogP contribution in [0.4, 0.5) is 4.39 Å². The number of hydrogen-bond acceptors (Lipinski definition) is 7. The zero-order valence-corrected chi connectivity index (χ0v) is 22.4. The van der Waals surface area contributed by atoms with Gasteiger partial charge in [-0.15, -0.1) is 0 Å². The maximum Gasteiger partial charge on any atom is 0.343 e. The molecule has 10 heteroatoms. The molecule has 0 fully saturated rings. The second kappa shape index (κ2) is 8.43. The Bertz CT molecular complexity index is 1680. The second-order valence-electron chi connectivity index (χ2n) is 10.9. The Hall–Kier alpha value is -3.63. The summed E-state index contributed by atoms with van der Waals surface area (Å²) in [4.78, 5) is 45.7. The van der Waals surface area contributed by atoms with E-state index in [9.17, 15) is 24.6 Å². The van der Waals surface area contributed by atoms with Crippen LogP contribution in [0.1, 0.15) is 67.0 Å². The highest BCUT2D eigenvalue weighted by atomic mass is 19.1. The maximum atomic E-state index is 15.1. The van der Waals surface area contributed by atoms with Crippen LogP contribution in [0.3, 0.4) is 0 Å². The number of aliphatic hydroxyl groups excluding tert-OH is 1. The normalized spacial score (nSPS) is 22.8. The summed E-state index contributed by atoms with van der Waals surface area (Å²) in [6.07, 6.45) is 1.03. The van der Waals surface area contributed by atoms with Crippen molar-refractivity contribution in [2.24, 2.45) is 0 Å². The first-order chi connectivity index (χ1) is 18.5. The van der Waals surface area contributed by atoms with Crippen molar-refractivity contribution < 1.29 is 28.9 Å². The first kappa shape index (κ1) is 25.6. The predicted molar refractivity (Wildman–Crippen MR) is 139 cm³/mol. The van der Waals surface area contributed by atoms with Crippen LogP contribution in [0.15, 0.2) is 16.9 Å². The molecule has 2 N–H and O–H groups in total. The topological polar surface area (TPSA) is 122 Å². The fraction of sp³-hybridized carbons (Fsp3) is 0.448. The summed E-state index contributed by atoms with van der Waals surface area (Å²) in [6.45, 7) is 6.58. The summed E-state index contributed by atoms with van der Waals surface area (Å²) in [7, 11) is 0. The second-order valence-corrected chi connectivity index (χ2v) is 10.9. The fourth-order valence-corrected chi connectivity index (χ4v) is 6.91. The lowest BCUT2D eigenvalue weighted by Gasteiger charge is -2.45. The molecule has 0 radical (unpaired) electrons. The molecule has 0 bridgehead atoms. The van der Waals surface area contributed by atoms with Gasteiger partial charge in [0.15, 0.2) is 5.60 Å². The van der Waals surface area contributed by atoms with Gasteiger partial charge in [0.2, 0.25) is 5.91 Å². The van der Waals surface area contributed by atoms with E-state index in [0.29, 0.717) is 35.3 Å². The summed E-state index contributed by atoms with van der Waals surface area (Å²) in [5.74, 6) is -1.40. The molecule has 1 amide bonds. The first-order valence-corrected chi connectivity index (χ1v) is 13.2. The molecular formula is C29H30FN3O6. The zero-order valence-electron chi connectivity index (χ0n) is 22.4. The lowest BCUT2D eigenvalue weighted by molar-refractivity contribution is -0.172. The van der Waals surface area contributed by atoms with Crippen LogP contribution >= 0.6 is 0 Å². The number of ether oxygens (including phenoxy) is 1. The number of nitrogens with zero attached hydrogens (tertiary/aromatic N) is 3. The summed E-state index contributed by atoms with van der Waals surface area (Å²) >= 11 is 0. The average Bonchev–Trinajstić information content (AvgIpc) is 3.27. The largest absolute Gasteiger partial charge is 0.458 e. The number of halogens is 1. The third-order valence-corrected chi connectivity index (χ3v) is 9.00. The molecule has 1 aromatic carbocycles. The lowest BCUT2D eigenvalue weighted by Crippen LogP contribution is -2.50. The molecule has 2 aromatic heterocycles. The van der Waals surface area contributed by atoms with Crippen LogP contribution in [0.25, 0.3) is 22.3 Å². The van der Waals surface area contributed by atoms with Crippen molar-refractivity contribution in [3.05, 3.63) is 61.7 Å². The van der Waals surface area contributed by atoms with Crippen LogP contribution < -0.4 is 5.56 Å². The van der Waals surface area contributed by atoms with Gasteiger partial charge >= 0.3 is 5.97 Å². The van der Waals surface area contributed by atoms with Crippen molar-refractivity contribution in [3.8, 4) is 11.4 Å². The van der Waals surface area contributed by atoms with Crippen molar-refractivity contribution in [1.29, 1.82) is 0 Å². The summed E-state index contributed by atoms with van der Waals surface area (Å²) in [5.41, 5.74) is 1.33. The smallest absolute Gasteiger partial charge is 0.343 e. The number of carbonyl (C=O) groups excluding carboxylic acids is 2. The van der Waals surface area contributed by atoms with Gasteiger partial charge in [-0.25, -0.2) is 14.2 Å². The number of benzene rings is 1. The first-order valence-electron chi connectivity index (χ1n) is 13.2. The zero-order chi connectivity index (χ0) is 28.0. The number of aliphatic hydroxyl groups is 2. The molecule has 4 heterocycles. The molecule has 0 saturated carbocycles.